The number of aromatic carboxylic acids is 2. The van der Waals surface area contributed by atoms with Gasteiger partial charge in [-0.2, -0.15) is 13.2 Å². The van der Waals surface area contributed by atoms with E-state index in [1.54, 1.807) is 0 Å². The molecular weight excluding hydrogens is 341 g/mol. The molecule has 0 aliphatic heterocycles. The molecule has 0 heterocycles. The van der Waals surface area contributed by atoms with Gasteiger partial charge in [0.1, 0.15) is 0 Å². The number of anilines is 2. The Bertz CT molecular complexity index is 696. The van der Waals surface area contributed by atoms with E-state index in [9.17, 15) is 33.0 Å². The van der Waals surface area contributed by atoms with Gasteiger partial charge >= 0.3 is 18.1 Å². The van der Waals surface area contributed by atoms with Crippen LogP contribution in [0.5, 0.6) is 0 Å². The zero-order valence-corrected chi connectivity index (χ0v) is 13.5. The average molecular weight is 360 g/mol. The Morgan fingerprint density at radius 1 is 1.16 bits per heavy atom. The number of hydrogen-bond acceptors (Lipinski definition) is 4. The number of rotatable bonds is 4. The van der Waals surface area contributed by atoms with E-state index in [2.05, 4.69) is 5.32 Å². The highest BCUT2D eigenvalue weighted by atomic mass is 19.4. The molecule has 9 heteroatoms. The van der Waals surface area contributed by atoms with Gasteiger partial charge in [-0.1, -0.05) is 0 Å². The maximum absolute atomic E-state index is 12.7. The number of halogens is 3. The van der Waals surface area contributed by atoms with Crippen LogP contribution in [0.1, 0.15) is 52.0 Å². The number of carboxylic acid groups (broad SMARTS) is 2. The number of nitrogens with one attached hydrogen (secondary N) is 1. The molecular formula is C16H19F3N2O4. The molecule has 25 heavy (non-hydrogen) atoms. The van der Waals surface area contributed by atoms with Gasteiger partial charge in [0, 0.05) is 6.04 Å². The lowest BCUT2D eigenvalue weighted by Gasteiger charge is -2.31. The van der Waals surface area contributed by atoms with E-state index < -0.39 is 24.0 Å². The Hall–Kier alpha value is -2.45. The lowest BCUT2D eigenvalue weighted by molar-refractivity contribution is -0.182. The molecule has 1 saturated carbocycles. The van der Waals surface area contributed by atoms with Crippen molar-refractivity contribution < 1.29 is 33.0 Å². The number of alkyl halides is 3. The second-order valence-electron chi connectivity index (χ2n) is 6.23. The lowest BCUT2D eigenvalue weighted by Crippen LogP contribution is -2.33. The molecule has 2 rings (SSSR count). The van der Waals surface area contributed by atoms with Crippen LogP contribution in [0.25, 0.3) is 0 Å². The van der Waals surface area contributed by atoms with Crippen LogP contribution in [0.2, 0.25) is 0 Å². The first kappa shape index (κ1) is 18.9. The van der Waals surface area contributed by atoms with Gasteiger partial charge in [-0.15, -0.1) is 0 Å². The van der Waals surface area contributed by atoms with Crippen molar-refractivity contribution in [3.63, 3.8) is 0 Å². The highest BCUT2D eigenvalue weighted by molar-refractivity contribution is 6.04. The molecule has 1 aliphatic carbocycles. The van der Waals surface area contributed by atoms with Crippen LogP contribution in [-0.4, -0.2) is 34.4 Å². The second-order valence-corrected chi connectivity index (χ2v) is 6.23. The minimum Gasteiger partial charge on any atom is -0.478 e. The van der Waals surface area contributed by atoms with Crippen LogP contribution in [0.15, 0.2) is 6.07 Å². The van der Waals surface area contributed by atoms with Gasteiger partial charge in [-0.05, 0) is 44.2 Å². The Balaban J connectivity index is 2.26. The maximum Gasteiger partial charge on any atom is 0.391 e. The summed E-state index contributed by atoms with van der Waals surface area (Å²) in [4.78, 5) is 22.7. The van der Waals surface area contributed by atoms with Crippen molar-refractivity contribution in [2.45, 2.75) is 44.8 Å². The summed E-state index contributed by atoms with van der Waals surface area (Å²) in [5.41, 5.74) is 5.36. The van der Waals surface area contributed by atoms with Gasteiger partial charge in [0.2, 0.25) is 0 Å². The highest BCUT2D eigenvalue weighted by Crippen LogP contribution is 2.39. The first-order chi connectivity index (χ1) is 11.5. The molecule has 6 nitrogen and oxygen atoms in total. The van der Waals surface area contributed by atoms with Gasteiger partial charge in [-0.25, -0.2) is 9.59 Å². The number of hydrogen-bond donors (Lipinski definition) is 4. The second kappa shape index (κ2) is 6.81. The predicted molar refractivity (Wildman–Crippen MR) is 84.9 cm³/mol. The van der Waals surface area contributed by atoms with E-state index in [1.807, 2.05) is 0 Å². The van der Waals surface area contributed by atoms with Crippen molar-refractivity contribution in [1.29, 1.82) is 0 Å². The zero-order chi connectivity index (χ0) is 18.9. The minimum atomic E-state index is -4.22. The standard InChI is InChI=1S/C16H19F3N2O4/c1-7-10(14(22)23)6-11(13(20)12(7)15(24)25)21-9-4-2-8(3-5-9)16(17,18)19/h6,8-9,21H,2-5,20H2,1H3,(H,22,23)(H,24,25). The monoisotopic (exact) mass is 360 g/mol. The zero-order valence-electron chi connectivity index (χ0n) is 13.5. The molecule has 0 spiro atoms. The largest absolute Gasteiger partial charge is 0.478 e. The van der Waals surface area contributed by atoms with E-state index in [0.717, 1.165) is 0 Å². The molecule has 0 saturated heterocycles. The van der Waals surface area contributed by atoms with Gasteiger partial charge in [0.15, 0.2) is 0 Å². The maximum atomic E-state index is 12.7. The van der Waals surface area contributed by atoms with Crippen LogP contribution < -0.4 is 11.1 Å². The summed E-state index contributed by atoms with van der Waals surface area (Å²) in [5.74, 6) is -4.00. The molecule has 0 aromatic heterocycles. The minimum absolute atomic E-state index is 0.0313. The molecule has 0 amide bonds. The number of benzene rings is 1. The van der Waals surface area contributed by atoms with Crippen molar-refractivity contribution in [3.8, 4) is 0 Å². The first-order valence-corrected chi connectivity index (χ1v) is 7.75. The molecule has 1 aromatic carbocycles. The molecule has 0 bridgehead atoms. The Labute approximate surface area is 141 Å². The van der Waals surface area contributed by atoms with Gasteiger partial charge < -0.3 is 21.3 Å². The predicted octanol–water partition coefficient (Wildman–Crippen LogP) is 3.51. The van der Waals surface area contributed by atoms with Crippen molar-refractivity contribution in [3.05, 3.63) is 22.8 Å². The Morgan fingerprint density at radius 3 is 2.16 bits per heavy atom. The molecule has 0 radical (unpaired) electrons. The molecule has 1 aliphatic rings. The van der Waals surface area contributed by atoms with Gasteiger partial charge in [0.05, 0.1) is 28.4 Å². The number of nitrogens with two attached hydrogens (primary N) is 1. The number of nitrogen functional groups attached to an aromatic ring is 1. The van der Waals surface area contributed by atoms with E-state index >= 15 is 0 Å². The number of carbonyl (C=O) groups is 2. The van der Waals surface area contributed by atoms with Crippen LogP contribution in [0.3, 0.4) is 0 Å². The summed E-state index contributed by atoms with van der Waals surface area (Å²) in [6.45, 7) is 1.35. The average Bonchev–Trinajstić information content (AvgIpc) is 2.49. The third-order valence-corrected chi connectivity index (χ3v) is 4.62. The van der Waals surface area contributed by atoms with Crippen LogP contribution >= 0.6 is 0 Å². The normalized spacial score (nSPS) is 21.0. The summed E-state index contributed by atoms with van der Waals surface area (Å²) < 4.78 is 38.1. The van der Waals surface area contributed by atoms with Crippen molar-refractivity contribution in [2.24, 2.45) is 5.92 Å². The van der Waals surface area contributed by atoms with Gasteiger partial charge in [-0.3, -0.25) is 0 Å². The molecule has 1 fully saturated rings. The Morgan fingerprint density at radius 2 is 1.72 bits per heavy atom. The molecule has 5 N–H and O–H groups in total. The summed E-state index contributed by atoms with van der Waals surface area (Å²) in [6, 6.07) is 0.904. The topological polar surface area (TPSA) is 113 Å². The van der Waals surface area contributed by atoms with Crippen molar-refractivity contribution >= 4 is 23.3 Å². The first-order valence-electron chi connectivity index (χ1n) is 7.75. The van der Waals surface area contributed by atoms with E-state index in [1.165, 1.54) is 13.0 Å². The summed E-state index contributed by atoms with van der Waals surface area (Å²) in [5, 5.41) is 21.4. The highest BCUT2D eigenvalue weighted by Gasteiger charge is 2.41. The molecule has 138 valence electrons. The lowest BCUT2D eigenvalue weighted by atomic mass is 9.85. The Kier molecular flexibility index (Phi) is 5.15. The third-order valence-electron chi connectivity index (χ3n) is 4.62. The summed E-state index contributed by atoms with van der Waals surface area (Å²) >= 11 is 0. The third kappa shape index (κ3) is 3.97. The molecule has 0 atom stereocenters. The van der Waals surface area contributed by atoms with Crippen LogP contribution in [0.4, 0.5) is 24.5 Å². The summed E-state index contributed by atoms with van der Waals surface area (Å²) in [7, 11) is 0. The summed E-state index contributed by atoms with van der Waals surface area (Å²) in [6.07, 6.45) is -3.82. The fourth-order valence-electron chi connectivity index (χ4n) is 3.20. The fraction of sp³-hybridized carbons (Fsp3) is 0.500. The van der Waals surface area contributed by atoms with E-state index in [0.29, 0.717) is 0 Å². The van der Waals surface area contributed by atoms with Crippen molar-refractivity contribution in [1.82, 2.24) is 0 Å². The molecule has 1 aromatic rings. The van der Waals surface area contributed by atoms with Gasteiger partial charge in [0.25, 0.3) is 0 Å². The van der Waals surface area contributed by atoms with E-state index in [-0.39, 0.29) is 59.8 Å². The SMILES string of the molecule is Cc1c(C(=O)O)cc(NC2CCC(C(F)(F)F)CC2)c(N)c1C(=O)O. The van der Waals surface area contributed by atoms with Crippen molar-refractivity contribution in [2.75, 3.05) is 11.1 Å². The quantitative estimate of drug-likeness (QED) is 0.611. The number of carboxylic acids is 2. The van der Waals surface area contributed by atoms with Crippen LogP contribution in [0, 0.1) is 12.8 Å². The van der Waals surface area contributed by atoms with Crippen LogP contribution in [-0.2, 0) is 0 Å². The smallest absolute Gasteiger partial charge is 0.391 e. The molecule has 0 unspecified atom stereocenters. The fourth-order valence-corrected chi connectivity index (χ4v) is 3.20. The van der Waals surface area contributed by atoms with E-state index in [4.69, 9.17) is 5.73 Å².